The minimum Gasteiger partial charge on any atom is -0.465 e. The maximum atomic E-state index is 11.5. The van der Waals surface area contributed by atoms with E-state index in [0.29, 0.717) is 10.3 Å². The Bertz CT molecular complexity index is 500. The molecule has 0 radical (unpaired) electrons. The maximum Gasteiger partial charge on any atom is 0.338 e. The third-order valence-electron chi connectivity index (χ3n) is 2.36. The molecule has 0 heterocycles. The van der Waals surface area contributed by atoms with E-state index in [2.05, 4.69) is 32.7 Å². The van der Waals surface area contributed by atoms with E-state index in [1.54, 1.807) is 19.2 Å². The number of nitrogens with zero attached hydrogens (tertiary/aromatic N) is 3. The van der Waals surface area contributed by atoms with Crippen molar-refractivity contribution in [2.75, 3.05) is 19.2 Å². The highest BCUT2D eigenvalue weighted by atomic mass is 79.9. The number of halogens is 1. The third kappa shape index (κ3) is 2.95. The van der Waals surface area contributed by atoms with Crippen molar-refractivity contribution in [2.24, 2.45) is 10.1 Å². The molecular weight excluding hydrogens is 298 g/mol. The molecule has 0 aliphatic heterocycles. The Hall–Kier alpha value is -1.69. The molecule has 0 N–H and O–H groups in total. The zero-order valence-electron chi connectivity index (χ0n) is 10.5. The SMILES string of the molecule is C=NN(C(Br)=NC)c1ccc(C(=O)OC)c(C)c1. The first-order chi connectivity index (χ1) is 8.54. The van der Waals surface area contributed by atoms with Gasteiger partial charge in [0.2, 0.25) is 0 Å². The number of carbonyl (C=O) groups is 1. The lowest BCUT2D eigenvalue weighted by Crippen LogP contribution is -2.20. The van der Waals surface area contributed by atoms with Crippen LogP contribution in [-0.4, -0.2) is 31.6 Å². The van der Waals surface area contributed by atoms with Crippen LogP contribution in [0.15, 0.2) is 28.3 Å². The molecule has 18 heavy (non-hydrogen) atoms. The highest BCUT2D eigenvalue weighted by Crippen LogP contribution is 2.21. The van der Waals surface area contributed by atoms with Gasteiger partial charge in [0.1, 0.15) is 0 Å². The van der Waals surface area contributed by atoms with Crippen LogP contribution in [-0.2, 0) is 4.74 Å². The molecule has 96 valence electrons. The van der Waals surface area contributed by atoms with Gasteiger partial charge >= 0.3 is 5.97 Å². The monoisotopic (exact) mass is 311 g/mol. The van der Waals surface area contributed by atoms with Crippen molar-refractivity contribution in [1.82, 2.24) is 0 Å². The number of hydrogen-bond acceptors (Lipinski definition) is 4. The van der Waals surface area contributed by atoms with Crippen molar-refractivity contribution < 1.29 is 9.53 Å². The van der Waals surface area contributed by atoms with E-state index in [1.165, 1.54) is 12.1 Å². The van der Waals surface area contributed by atoms with E-state index in [-0.39, 0.29) is 5.97 Å². The van der Waals surface area contributed by atoms with Gasteiger partial charge in [-0.3, -0.25) is 4.99 Å². The number of methoxy groups -OCH3 is 1. The van der Waals surface area contributed by atoms with Crippen LogP contribution >= 0.6 is 15.9 Å². The summed E-state index contributed by atoms with van der Waals surface area (Å²) in [5.74, 6) is -0.361. The molecule has 1 rings (SSSR count). The predicted molar refractivity (Wildman–Crippen MR) is 76.8 cm³/mol. The average molecular weight is 312 g/mol. The van der Waals surface area contributed by atoms with Gasteiger partial charge in [-0.2, -0.15) is 5.10 Å². The highest BCUT2D eigenvalue weighted by molar-refractivity contribution is 9.18. The number of aliphatic imine (C=N–C) groups is 1. The Balaban J connectivity index is 3.18. The second-order valence-electron chi connectivity index (χ2n) is 3.44. The molecule has 0 saturated carbocycles. The van der Waals surface area contributed by atoms with E-state index in [9.17, 15) is 4.79 Å². The number of hydrogen-bond donors (Lipinski definition) is 0. The molecule has 0 unspecified atom stereocenters. The van der Waals surface area contributed by atoms with Crippen LogP contribution in [0.2, 0.25) is 0 Å². The Morgan fingerprint density at radius 3 is 2.61 bits per heavy atom. The molecule has 0 aromatic heterocycles. The van der Waals surface area contributed by atoms with Crippen molar-refractivity contribution in [3.63, 3.8) is 0 Å². The van der Waals surface area contributed by atoms with Gasteiger partial charge in [-0.15, -0.1) is 0 Å². The number of esters is 1. The fourth-order valence-corrected chi connectivity index (χ4v) is 1.78. The van der Waals surface area contributed by atoms with E-state index in [4.69, 9.17) is 4.74 Å². The van der Waals surface area contributed by atoms with E-state index >= 15 is 0 Å². The lowest BCUT2D eigenvalue weighted by Gasteiger charge is -2.17. The van der Waals surface area contributed by atoms with Crippen LogP contribution in [0.4, 0.5) is 5.69 Å². The highest BCUT2D eigenvalue weighted by Gasteiger charge is 2.13. The fraction of sp³-hybridized carbons (Fsp3) is 0.250. The Labute approximate surface area is 114 Å². The summed E-state index contributed by atoms with van der Waals surface area (Å²) in [4.78, 5) is 15.4. The summed E-state index contributed by atoms with van der Waals surface area (Å²) in [6, 6.07) is 5.25. The van der Waals surface area contributed by atoms with Gasteiger partial charge in [0.15, 0.2) is 4.74 Å². The summed E-state index contributed by atoms with van der Waals surface area (Å²) >= 11 is 3.28. The lowest BCUT2D eigenvalue weighted by atomic mass is 10.1. The van der Waals surface area contributed by atoms with Gasteiger partial charge in [0.05, 0.1) is 18.4 Å². The summed E-state index contributed by atoms with van der Waals surface area (Å²) < 4.78 is 5.22. The number of benzene rings is 1. The zero-order chi connectivity index (χ0) is 13.7. The van der Waals surface area contributed by atoms with Gasteiger partial charge in [-0.05, 0) is 46.6 Å². The second kappa shape index (κ2) is 6.30. The van der Waals surface area contributed by atoms with Gasteiger partial charge in [0, 0.05) is 13.8 Å². The molecule has 1 aromatic rings. The molecule has 5 nitrogen and oxygen atoms in total. The van der Waals surface area contributed by atoms with Crippen molar-refractivity contribution in [3.8, 4) is 0 Å². The van der Waals surface area contributed by atoms with Crippen LogP contribution < -0.4 is 5.01 Å². The van der Waals surface area contributed by atoms with Crippen molar-refractivity contribution >= 4 is 39.0 Å². The number of anilines is 1. The minimum absolute atomic E-state index is 0.361. The Kier molecular flexibility index (Phi) is 5.03. The van der Waals surface area contributed by atoms with Crippen molar-refractivity contribution in [1.29, 1.82) is 0 Å². The van der Waals surface area contributed by atoms with Gasteiger partial charge in [-0.1, -0.05) is 0 Å². The molecule has 0 atom stereocenters. The van der Waals surface area contributed by atoms with Crippen LogP contribution in [0.5, 0.6) is 0 Å². The van der Waals surface area contributed by atoms with Crippen molar-refractivity contribution in [3.05, 3.63) is 29.3 Å². The van der Waals surface area contributed by atoms with Gasteiger partial charge in [0.25, 0.3) is 0 Å². The number of carbonyl (C=O) groups excluding carboxylic acids is 1. The second-order valence-corrected chi connectivity index (χ2v) is 4.15. The Morgan fingerprint density at radius 1 is 1.50 bits per heavy atom. The molecule has 0 saturated heterocycles. The van der Waals surface area contributed by atoms with E-state index in [1.807, 2.05) is 13.0 Å². The first kappa shape index (κ1) is 14.4. The van der Waals surface area contributed by atoms with Crippen LogP contribution in [0.3, 0.4) is 0 Å². The molecule has 0 aliphatic rings. The third-order valence-corrected chi connectivity index (χ3v) is 3.05. The van der Waals surface area contributed by atoms with Gasteiger partial charge in [-0.25, -0.2) is 9.80 Å². The first-order valence-corrected chi connectivity index (χ1v) is 5.92. The standard InChI is InChI=1S/C12H14BrN3O2/c1-8-7-9(16(15-3)12(13)14-2)5-6-10(8)11(17)18-4/h5-7H,3H2,1-2,4H3. The largest absolute Gasteiger partial charge is 0.465 e. The molecule has 0 fully saturated rings. The van der Waals surface area contributed by atoms with Crippen LogP contribution in [0, 0.1) is 6.92 Å². The fourth-order valence-electron chi connectivity index (χ4n) is 1.46. The normalized spacial score (nSPS) is 11.0. The topological polar surface area (TPSA) is 54.3 Å². The number of amidine groups is 1. The van der Waals surface area contributed by atoms with Crippen LogP contribution in [0.1, 0.15) is 15.9 Å². The number of rotatable bonds is 3. The lowest BCUT2D eigenvalue weighted by molar-refractivity contribution is 0.0600. The van der Waals surface area contributed by atoms with Gasteiger partial charge < -0.3 is 4.74 Å². The predicted octanol–water partition coefficient (Wildman–Crippen LogP) is 2.58. The zero-order valence-corrected chi connectivity index (χ0v) is 12.1. The molecule has 0 aliphatic carbocycles. The number of hydrazone groups is 1. The minimum atomic E-state index is -0.361. The number of aryl methyl sites for hydroxylation is 1. The summed E-state index contributed by atoms with van der Waals surface area (Å²) in [5, 5.41) is 5.38. The molecule has 1 aromatic carbocycles. The van der Waals surface area contributed by atoms with Crippen LogP contribution in [0.25, 0.3) is 0 Å². The smallest absolute Gasteiger partial charge is 0.338 e. The molecule has 0 amide bonds. The summed E-state index contributed by atoms with van der Waals surface area (Å²) in [5.41, 5.74) is 2.08. The summed E-state index contributed by atoms with van der Waals surface area (Å²) in [6.45, 7) is 5.31. The molecule has 0 bridgehead atoms. The number of ether oxygens (including phenoxy) is 1. The molecule has 6 heteroatoms. The van der Waals surface area contributed by atoms with E-state index in [0.717, 1.165) is 11.3 Å². The first-order valence-electron chi connectivity index (χ1n) is 5.13. The molecule has 0 spiro atoms. The Morgan fingerprint density at radius 2 is 2.17 bits per heavy atom. The quantitative estimate of drug-likeness (QED) is 0.283. The average Bonchev–Trinajstić information content (AvgIpc) is 2.38. The summed E-state index contributed by atoms with van der Waals surface area (Å²) in [6.07, 6.45) is 0. The van der Waals surface area contributed by atoms with Crippen molar-refractivity contribution in [2.45, 2.75) is 6.92 Å². The maximum absolute atomic E-state index is 11.5. The summed E-state index contributed by atoms with van der Waals surface area (Å²) in [7, 11) is 2.99. The molecular formula is C12H14BrN3O2. The van der Waals surface area contributed by atoms with E-state index < -0.39 is 0 Å².